The van der Waals surface area contributed by atoms with Crippen LogP contribution < -0.4 is 15.0 Å². The van der Waals surface area contributed by atoms with Crippen molar-refractivity contribution in [3.63, 3.8) is 0 Å². The average Bonchev–Trinajstić information content (AvgIpc) is 3.19. The normalized spacial score (nSPS) is 11.6. The molecule has 0 aliphatic carbocycles. The molecule has 0 unspecified atom stereocenters. The molecule has 0 spiro atoms. The van der Waals surface area contributed by atoms with Crippen LogP contribution in [-0.4, -0.2) is 22.3 Å². The van der Waals surface area contributed by atoms with Crippen molar-refractivity contribution in [1.82, 2.24) is 15.2 Å². The Morgan fingerprint density at radius 1 is 1.07 bits per heavy atom. The maximum absolute atomic E-state index is 13.2. The van der Waals surface area contributed by atoms with Crippen LogP contribution in [0.25, 0.3) is 22.2 Å². The molecule has 0 saturated carbocycles. The minimum atomic E-state index is -4.47. The number of alkyl halides is 3. The maximum Gasteiger partial charge on any atom is 0.416 e. The summed E-state index contributed by atoms with van der Waals surface area (Å²) in [6.45, 7) is -0.275. The summed E-state index contributed by atoms with van der Waals surface area (Å²) in [5.74, 6) is 0.612. The van der Waals surface area contributed by atoms with Gasteiger partial charge in [-0.1, -0.05) is 24.3 Å². The number of methoxy groups -OCH3 is 1. The van der Waals surface area contributed by atoms with Gasteiger partial charge >= 0.3 is 6.18 Å². The molecule has 2 aromatic carbocycles. The number of fused-ring (bicyclic) bond motifs is 1. The van der Waals surface area contributed by atoms with Gasteiger partial charge in [0.1, 0.15) is 6.61 Å². The molecule has 2 aromatic heterocycles. The van der Waals surface area contributed by atoms with Crippen molar-refractivity contribution in [2.24, 2.45) is 0 Å². The SMILES string of the molecule is COc1cc(-c2cc(=O)[nH]c3n[nH]cc23)ccc1OCc1ccccc1C(F)(F)F. The van der Waals surface area contributed by atoms with Crippen molar-refractivity contribution in [2.75, 3.05) is 7.11 Å². The van der Waals surface area contributed by atoms with E-state index in [9.17, 15) is 18.0 Å². The van der Waals surface area contributed by atoms with Gasteiger partial charge in [-0.15, -0.1) is 0 Å². The molecule has 0 bridgehead atoms. The molecule has 0 atom stereocenters. The van der Waals surface area contributed by atoms with Crippen molar-refractivity contribution in [2.45, 2.75) is 12.8 Å². The fourth-order valence-corrected chi connectivity index (χ4v) is 3.22. The second-order valence-corrected chi connectivity index (χ2v) is 6.50. The summed E-state index contributed by atoms with van der Waals surface area (Å²) < 4.78 is 50.5. The van der Waals surface area contributed by atoms with Gasteiger partial charge in [-0.05, 0) is 29.3 Å². The van der Waals surface area contributed by atoms with Crippen LogP contribution in [0, 0.1) is 0 Å². The number of H-pyrrole nitrogens is 2. The monoisotopic (exact) mass is 415 g/mol. The molecular formula is C21H16F3N3O3. The molecule has 4 aromatic rings. The third-order valence-corrected chi connectivity index (χ3v) is 4.63. The van der Waals surface area contributed by atoms with Crippen LogP contribution in [0.3, 0.4) is 0 Å². The van der Waals surface area contributed by atoms with Crippen LogP contribution >= 0.6 is 0 Å². The zero-order chi connectivity index (χ0) is 21.3. The van der Waals surface area contributed by atoms with Crippen molar-refractivity contribution >= 4 is 11.0 Å². The lowest BCUT2D eigenvalue weighted by molar-refractivity contribution is -0.138. The molecule has 154 valence electrons. The van der Waals surface area contributed by atoms with E-state index in [1.54, 1.807) is 24.4 Å². The summed E-state index contributed by atoms with van der Waals surface area (Å²) in [7, 11) is 1.43. The van der Waals surface area contributed by atoms with Crippen molar-refractivity contribution in [3.05, 3.63) is 76.2 Å². The summed E-state index contributed by atoms with van der Waals surface area (Å²) in [5.41, 5.74) is 0.688. The van der Waals surface area contributed by atoms with Gasteiger partial charge in [0.25, 0.3) is 0 Å². The highest BCUT2D eigenvalue weighted by Gasteiger charge is 2.33. The standard InChI is InChI=1S/C21H16F3N3O3/c1-29-18-8-12(14-9-19(28)26-20-15(14)10-25-27-20)6-7-17(18)30-11-13-4-2-3-5-16(13)21(22,23)24/h2-10H,11H2,1H3,(H2,25,26,27,28). The minimum absolute atomic E-state index is 0.0193. The second kappa shape index (κ2) is 7.58. The highest BCUT2D eigenvalue weighted by Crippen LogP contribution is 2.36. The smallest absolute Gasteiger partial charge is 0.416 e. The summed E-state index contributed by atoms with van der Waals surface area (Å²) in [4.78, 5) is 14.5. The van der Waals surface area contributed by atoms with Crippen LogP contribution in [0.5, 0.6) is 11.5 Å². The second-order valence-electron chi connectivity index (χ2n) is 6.50. The molecule has 0 fully saturated rings. The number of hydrogen-bond donors (Lipinski definition) is 2. The molecule has 30 heavy (non-hydrogen) atoms. The summed E-state index contributed by atoms with van der Waals surface area (Å²) in [6.07, 6.45) is -2.81. The lowest BCUT2D eigenvalue weighted by Gasteiger charge is -2.15. The van der Waals surface area contributed by atoms with Gasteiger partial charge in [-0.2, -0.15) is 18.3 Å². The Balaban J connectivity index is 1.66. The maximum atomic E-state index is 13.2. The minimum Gasteiger partial charge on any atom is -0.493 e. The molecule has 0 aliphatic heterocycles. The number of pyridine rings is 1. The Morgan fingerprint density at radius 3 is 2.63 bits per heavy atom. The first-order valence-corrected chi connectivity index (χ1v) is 8.90. The van der Waals surface area contributed by atoms with Crippen molar-refractivity contribution in [1.29, 1.82) is 0 Å². The van der Waals surface area contributed by atoms with Gasteiger partial charge < -0.3 is 14.5 Å². The predicted molar refractivity (Wildman–Crippen MR) is 104 cm³/mol. The first-order chi connectivity index (χ1) is 14.4. The molecule has 9 heteroatoms. The van der Waals surface area contributed by atoms with Gasteiger partial charge in [-0.3, -0.25) is 9.89 Å². The lowest BCUT2D eigenvalue weighted by Crippen LogP contribution is -2.11. The van der Waals surface area contributed by atoms with E-state index in [-0.39, 0.29) is 23.5 Å². The Morgan fingerprint density at radius 2 is 1.87 bits per heavy atom. The summed E-state index contributed by atoms with van der Waals surface area (Å²) in [6, 6.07) is 11.6. The van der Waals surface area contributed by atoms with Gasteiger partial charge in [0.15, 0.2) is 17.1 Å². The third kappa shape index (κ3) is 3.73. The van der Waals surface area contributed by atoms with Gasteiger partial charge in [-0.25, -0.2) is 0 Å². The van der Waals surface area contributed by atoms with Crippen LogP contribution in [0.4, 0.5) is 13.2 Å². The van der Waals surface area contributed by atoms with Gasteiger partial charge in [0.2, 0.25) is 5.56 Å². The summed E-state index contributed by atoms with van der Waals surface area (Å²) in [5, 5.41) is 7.40. The first kappa shape index (κ1) is 19.6. The first-order valence-electron chi connectivity index (χ1n) is 8.90. The lowest BCUT2D eigenvalue weighted by atomic mass is 10.0. The van der Waals surface area contributed by atoms with E-state index in [1.807, 2.05) is 0 Å². The quantitative estimate of drug-likeness (QED) is 0.502. The summed E-state index contributed by atoms with van der Waals surface area (Å²) >= 11 is 0. The van der Waals surface area contributed by atoms with E-state index < -0.39 is 11.7 Å². The predicted octanol–water partition coefficient (Wildman–Crippen LogP) is 4.52. The number of rotatable bonds is 5. The molecule has 2 heterocycles. The number of nitrogens with zero attached hydrogens (tertiary/aromatic N) is 1. The Kier molecular flexibility index (Phi) is 4.94. The Hall–Kier alpha value is -3.75. The van der Waals surface area contributed by atoms with Crippen LogP contribution in [0.1, 0.15) is 11.1 Å². The number of hydrogen-bond acceptors (Lipinski definition) is 4. The molecular weight excluding hydrogens is 399 g/mol. The molecule has 0 amide bonds. The van der Waals surface area contributed by atoms with E-state index in [0.717, 1.165) is 6.07 Å². The van der Waals surface area contributed by atoms with E-state index in [0.29, 0.717) is 27.9 Å². The fraction of sp³-hybridized carbons (Fsp3) is 0.143. The number of halogens is 3. The molecule has 0 aliphatic rings. The largest absolute Gasteiger partial charge is 0.493 e. The number of aromatic nitrogens is 3. The Labute approximate surface area is 168 Å². The van der Waals surface area contributed by atoms with Crippen LogP contribution in [0.15, 0.2) is 59.5 Å². The van der Waals surface area contributed by atoms with Crippen LogP contribution in [0.2, 0.25) is 0 Å². The van der Waals surface area contributed by atoms with E-state index in [2.05, 4.69) is 15.2 Å². The zero-order valence-corrected chi connectivity index (χ0v) is 15.7. The molecule has 0 radical (unpaired) electrons. The number of aromatic amines is 2. The van der Waals surface area contributed by atoms with Crippen molar-refractivity contribution < 1.29 is 22.6 Å². The number of ether oxygens (including phenoxy) is 2. The highest BCUT2D eigenvalue weighted by molar-refractivity contribution is 5.92. The highest BCUT2D eigenvalue weighted by atomic mass is 19.4. The van der Waals surface area contributed by atoms with Gasteiger partial charge in [0.05, 0.1) is 12.7 Å². The fourth-order valence-electron chi connectivity index (χ4n) is 3.22. The van der Waals surface area contributed by atoms with E-state index in [4.69, 9.17) is 9.47 Å². The number of benzene rings is 2. The molecule has 0 saturated heterocycles. The van der Waals surface area contributed by atoms with E-state index >= 15 is 0 Å². The molecule has 2 N–H and O–H groups in total. The third-order valence-electron chi connectivity index (χ3n) is 4.63. The average molecular weight is 415 g/mol. The molecule has 6 nitrogen and oxygen atoms in total. The topological polar surface area (TPSA) is 80.0 Å². The molecule has 4 rings (SSSR count). The van der Waals surface area contributed by atoms with Crippen LogP contribution in [-0.2, 0) is 12.8 Å². The Bertz CT molecular complexity index is 1260. The number of nitrogens with one attached hydrogen (secondary N) is 2. The van der Waals surface area contributed by atoms with E-state index in [1.165, 1.54) is 31.4 Å². The zero-order valence-electron chi connectivity index (χ0n) is 15.7. The van der Waals surface area contributed by atoms with Gasteiger partial charge in [0, 0.05) is 23.2 Å². The van der Waals surface area contributed by atoms with Crippen molar-refractivity contribution in [3.8, 4) is 22.6 Å².